The van der Waals surface area contributed by atoms with Crippen molar-refractivity contribution in [3.05, 3.63) is 23.8 Å². The second-order valence-electron chi connectivity index (χ2n) is 3.97. The molecule has 0 spiro atoms. The molecule has 0 saturated heterocycles. The van der Waals surface area contributed by atoms with E-state index in [2.05, 4.69) is 0 Å². The van der Waals surface area contributed by atoms with Gasteiger partial charge in [-0.2, -0.15) is 0 Å². The summed E-state index contributed by atoms with van der Waals surface area (Å²) in [7, 11) is 3.41. The van der Waals surface area contributed by atoms with Gasteiger partial charge in [0.25, 0.3) is 0 Å². The summed E-state index contributed by atoms with van der Waals surface area (Å²) in [5.41, 5.74) is 1.96. The van der Waals surface area contributed by atoms with Crippen LogP contribution in [0.25, 0.3) is 0 Å². The van der Waals surface area contributed by atoms with Crippen molar-refractivity contribution in [2.24, 2.45) is 0 Å². The summed E-state index contributed by atoms with van der Waals surface area (Å²) in [4.78, 5) is 12.7. The number of methoxy groups -OCH3 is 1. The number of carbonyl (C=O) groups is 1. The standard InChI is InChI=1S/C13H19NO3/c1-5-10-8-11(6-7-12(10)17-4)14(3)9(2)13(15)16/h6-9H,5H2,1-4H3,(H,15,16). The molecule has 1 atom stereocenters. The van der Waals surface area contributed by atoms with Gasteiger partial charge in [0.15, 0.2) is 0 Å². The molecule has 0 aliphatic rings. The summed E-state index contributed by atoms with van der Waals surface area (Å²) in [6, 6.07) is 5.17. The number of carboxylic acid groups (broad SMARTS) is 1. The van der Waals surface area contributed by atoms with E-state index < -0.39 is 12.0 Å². The second-order valence-corrected chi connectivity index (χ2v) is 3.97. The van der Waals surface area contributed by atoms with Gasteiger partial charge in [-0.3, -0.25) is 0 Å². The zero-order valence-electron chi connectivity index (χ0n) is 10.7. The zero-order chi connectivity index (χ0) is 13.0. The molecular weight excluding hydrogens is 218 g/mol. The molecule has 0 radical (unpaired) electrons. The minimum Gasteiger partial charge on any atom is -0.496 e. The first-order chi connectivity index (χ1) is 8.01. The summed E-state index contributed by atoms with van der Waals surface area (Å²) in [5, 5.41) is 8.97. The fourth-order valence-corrected chi connectivity index (χ4v) is 1.65. The molecule has 1 unspecified atom stereocenters. The van der Waals surface area contributed by atoms with Crippen LogP contribution in [0.4, 0.5) is 5.69 Å². The lowest BCUT2D eigenvalue weighted by Gasteiger charge is -2.24. The molecule has 94 valence electrons. The number of rotatable bonds is 5. The number of aliphatic carboxylic acids is 1. The fourth-order valence-electron chi connectivity index (χ4n) is 1.65. The van der Waals surface area contributed by atoms with Crippen LogP contribution in [-0.4, -0.2) is 31.3 Å². The maximum absolute atomic E-state index is 10.9. The van der Waals surface area contributed by atoms with Gasteiger partial charge in [0.05, 0.1) is 7.11 Å². The van der Waals surface area contributed by atoms with Gasteiger partial charge in [-0.1, -0.05) is 6.92 Å². The number of benzene rings is 1. The van der Waals surface area contributed by atoms with Gasteiger partial charge >= 0.3 is 5.97 Å². The average molecular weight is 237 g/mol. The van der Waals surface area contributed by atoms with Crippen LogP contribution < -0.4 is 9.64 Å². The van der Waals surface area contributed by atoms with E-state index in [-0.39, 0.29) is 0 Å². The van der Waals surface area contributed by atoms with Crippen molar-refractivity contribution in [3.63, 3.8) is 0 Å². The van der Waals surface area contributed by atoms with Gasteiger partial charge < -0.3 is 14.7 Å². The van der Waals surface area contributed by atoms with Crippen LogP contribution in [0.2, 0.25) is 0 Å². The third-order valence-electron chi connectivity index (χ3n) is 2.99. The maximum Gasteiger partial charge on any atom is 0.326 e. The molecular formula is C13H19NO3. The minimum absolute atomic E-state index is 0.548. The molecule has 4 heteroatoms. The highest BCUT2D eigenvalue weighted by Gasteiger charge is 2.17. The molecule has 1 rings (SSSR count). The Balaban J connectivity index is 3.03. The smallest absolute Gasteiger partial charge is 0.326 e. The van der Waals surface area contributed by atoms with Crippen molar-refractivity contribution in [1.29, 1.82) is 0 Å². The lowest BCUT2D eigenvalue weighted by molar-refractivity contribution is -0.138. The lowest BCUT2D eigenvalue weighted by Crippen LogP contribution is -2.35. The normalized spacial score (nSPS) is 12.0. The van der Waals surface area contributed by atoms with Crippen molar-refractivity contribution in [1.82, 2.24) is 0 Å². The predicted molar refractivity (Wildman–Crippen MR) is 67.9 cm³/mol. The molecule has 0 bridgehead atoms. The van der Waals surface area contributed by atoms with E-state index in [1.165, 1.54) is 0 Å². The molecule has 0 aliphatic carbocycles. The van der Waals surface area contributed by atoms with Crippen molar-refractivity contribution < 1.29 is 14.6 Å². The van der Waals surface area contributed by atoms with Crippen molar-refractivity contribution in [2.75, 3.05) is 19.1 Å². The van der Waals surface area contributed by atoms with E-state index in [0.29, 0.717) is 0 Å². The number of hydrogen-bond donors (Lipinski definition) is 1. The number of anilines is 1. The first kappa shape index (κ1) is 13.4. The van der Waals surface area contributed by atoms with Crippen LogP contribution in [0.15, 0.2) is 18.2 Å². The number of aryl methyl sites for hydroxylation is 1. The van der Waals surface area contributed by atoms with E-state index in [9.17, 15) is 4.79 Å². The van der Waals surface area contributed by atoms with Crippen molar-refractivity contribution in [2.45, 2.75) is 26.3 Å². The number of ether oxygens (including phenoxy) is 1. The highest BCUT2D eigenvalue weighted by atomic mass is 16.5. The van der Waals surface area contributed by atoms with Crippen LogP contribution in [0.3, 0.4) is 0 Å². The van der Waals surface area contributed by atoms with E-state index in [0.717, 1.165) is 23.4 Å². The van der Waals surface area contributed by atoms with Crippen molar-refractivity contribution in [3.8, 4) is 5.75 Å². The molecule has 0 fully saturated rings. The maximum atomic E-state index is 10.9. The van der Waals surface area contributed by atoms with Gasteiger partial charge in [0.2, 0.25) is 0 Å². The second kappa shape index (κ2) is 5.57. The van der Waals surface area contributed by atoms with Crippen LogP contribution in [0.5, 0.6) is 5.75 Å². The molecule has 1 aromatic carbocycles. The van der Waals surface area contributed by atoms with Crippen LogP contribution in [0, 0.1) is 0 Å². The average Bonchev–Trinajstić information content (AvgIpc) is 2.35. The van der Waals surface area contributed by atoms with Gasteiger partial charge in [-0.15, -0.1) is 0 Å². The number of likely N-dealkylation sites (N-methyl/N-ethyl adjacent to an activating group) is 1. The minimum atomic E-state index is -0.832. The van der Waals surface area contributed by atoms with Gasteiger partial charge in [-0.05, 0) is 37.1 Å². The number of carboxylic acids is 1. The Bertz CT molecular complexity index is 404. The SMILES string of the molecule is CCc1cc(N(C)C(C)C(=O)O)ccc1OC. The Morgan fingerprint density at radius 3 is 2.65 bits per heavy atom. The molecule has 17 heavy (non-hydrogen) atoms. The van der Waals surface area contributed by atoms with E-state index in [4.69, 9.17) is 9.84 Å². The van der Waals surface area contributed by atoms with Gasteiger partial charge in [-0.25, -0.2) is 4.79 Å². The quantitative estimate of drug-likeness (QED) is 0.852. The largest absolute Gasteiger partial charge is 0.496 e. The Morgan fingerprint density at radius 1 is 1.53 bits per heavy atom. The van der Waals surface area contributed by atoms with Crippen LogP contribution >= 0.6 is 0 Å². The zero-order valence-corrected chi connectivity index (χ0v) is 10.7. The summed E-state index contributed by atoms with van der Waals surface area (Å²) in [6.07, 6.45) is 0.853. The van der Waals surface area contributed by atoms with Crippen LogP contribution in [0.1, 0.15) is 19.4 Å². The van der Waals surface area contributed by atoms with E-state index in [1.807, 2.05) is 25.1 Å². The molecule has 0 aromatic heterocycles. The third-order valence-corrected chi connectivity index (χ3v) is 2.99. The van der Waals surface area contributed by atoms with E-state index in [1.54, 1.807) is 26.0 Å². The molecule has 0 amide bonds. The molecule has 1 N–H and O–H groups in total. The van der Waals surface area contributed by atoms with Crippen LogP contribution in [-0.2, 0) is 11.2 Å². The predicted octanol–water partition coefficient (Wildman–Crippen LogP) is 2.17. The molecule has 4 nitrogen and oxygen atoms in total. The highest BCUT2D eigenvalue weighted by molar-refractivity contribution is 5.77. The van der Waals surface area contributed by atoms with Gasteiger partial charge in [0.1, 0.15) is 11.8 Å². The monoisotopic (exact) mass is 237 g/mol. The Kier molecular flexibility index (Phi) is 4.37. The lowest BCUT2D eigenvalue weighted by atomic mass is 10.1. The summed E-state index contributed by atoms with van der Waals surface area (Å²) >= 11 is 0. The molecule has 0 heterocycles. The number of nitrogens with zero attached hydrogens (tertiary/aromatic N) is 1. The molecule has 1 aromatic rings. The Morgan fingerprint density at radius 2 is 2.18 bits per heavy atom. The highest BCUT2D eigenvalue weighted by Crippen LogP contribution is 2.25. The topological polar surface area (TPSA) is 49.8 Å². The Hall–Kier alpha value is -1.71. The summed E-state index contributed by atoms with van der Waals surface area (Å²) < 4.78 is 5.24. The summed E-state index contributed by atoms with van der Waals surface area (Å²) in [5.74, 6) is 0.00833. The first-order valence-corrected chi connectivity index (χ1v) is 5.63. The Labute approximate surface area is 102 Å². The molecule has 0 saturated carbocycles. The number of hydrogen-bond acceptors (Lipinski definition) is 3. The first-order valence-electron chi connectivity index (χ1n) is 5.63. The summed E-state index contributed by atoms with van der Waals surface area (Å²) in [6.45, 7) is 3.71. The van der Waals surface area contributed by atoms with Crippen molar-refractivity contribution >= 4 is 11.7 Å². The van der Waals surface area contributed by atoms with E-state index >= 15 is 0 Å². The van der Waals surface area contributed by atoms with Gasteiger partial charge in [0, 0.05) is 12.7 Å². The third kappa shape index (κ3) is 2.90. The fraction of sp³-hybridized carbons (Fsp3) is 0.462. The molecule has 0 aliphatic heterocycles.